The van der Waals surface area contributed by atoms with Gasteiger partial charge in [0.25, 0.3) is 5.91 Å². The van der Waals surface area contributed by atoms with Gasteiger partial charge in [-0.2, -0.15) is 10.4 Å². The SMILES string of the molecule is CC(C)(C)[Si](C)(C)OCc1cc(Nc2nn(C3COCCC3C#N)cc2C(N)=O)cc(Cl)c1Br. The van der Waals surface area contributed by atoms with Crippen molar-refractivity contribution in [1.29, 1.82) is 5.26 Å². The smallest absolute Gasteiger partial charge is 0.254 e. The first-order chi connectivity index (χ1) is 15.8. The maximum Gasteiger partial charge on any atom is 0.254 e. The van der Waals surface area contributed by atoms with Gasteiger partial charge in [-0.05, 0) is 58.2 Å². The molecule has 2 heterocycles. The molecule has 11 heteroatoms. The van der Waals surface area contributed by atoms with E-state index in [1.165, 1.54) is 0 Å². The van der Waals surface area contributed by atoms with E-state index in [9.17, 15) is 10.1 Å². The number of ether oxygens (including phenoxy) is 1. The number of benzene rings is 1. The van der Waals surface area contributed by atoms with E-state index in [-0.39, 0.29) is 22.6 Å². The monoisotopic (exact) mass is 567 g/mol. The van der Waals surface area contributed by atoms with E-state index >= 15 is 0 Å². The summed E-state index contributed by atoms with van der Waals surface area (Å²) < 4.78 is 14.3. The molecule has 1 fully saturated rings. The molecule has 0 spiro atoms. The number of nitriles is 1. The minimum atomic E-state index is -1.97. The number of amides is 1. The topological polar surface area (TPSA) is 115 Å². The molecular formula is C23H31BrClN5O3Si. The molecule has 0 bridgehead atoms. The molecular weight excluding hydrogens is 538 g/mol. The van der Waals surface area contributed by atoms with E-state index < -0.39 is 14.2 Å². The number of hydrogen-bond acceptors (Lipinski definition) is 6. The minimum absolute atomic E-state index is 0.0759. The van der Waals surface area contributed by atoms with Crippen LogP contribution in [0.1, 0.15) is 49.2 Å². The summed E-state index contributed by atoms with van der Waals surface area (Å²) in [5, 5.41) is 17.8. The Morgan fingerprint density at radius 1 is 1.47 bits per heavy atom. The quantitative estimate of drug-likeness (QED) is 0.410. The zero-order valence-corrected chi connectivity index (χ0v) is 23.5. The number of carbonyl (C=O) groups is 1. The fraction of sp³-hybridized carbons (Fsp3) is 0.522. The lowest BCUT2D eigenvalue weighted by atomic mass is 9.97. The third-order valence-corrected chi connectivity index (χ3v) is 12.5. The predicted octanol–water partition coefficient (Wildman–Crippen LogP) is 5.76. The summed E-state index contributed by atoms with van der Waals surface area (Å²) in [5.74, 6) is -0.587. The first kappa shape index (κ1) is 26.7. The van der Waals surface area contributed by atoms with Crippen molar-refractivity contribution in [3.05, 3.63) is 39.0 Å². The second-order valence-electron chi connectivity index (χ2n) is 10.0. The van der Waals surface area contributed by atoms with Crippen LogP contribution in [0.15, 0.2) is 22.8 Å². The molecule has 1 aliphatic rings. The largest absolute Gasteiger partial charge is 0.413 e. The molecule has 2 unspecified atom stereocenters. The van der Waals surface area contributed by atoms with E-state index in [4.69, 9.17) is 26.5 Å². The van der Waals surface area contributed by atoms with Crippen LogP contribution >= 0.6 is 27.5 Å². The molecule has 3 N–H and O–H groups in total. The summed E-state index contributed by atoms with van der Waals surface area (Å²) >= 11 is 10.1. The Balaban J connectivity index is 1.90. The molecule has 1 aromatic carbocycles. The lowest BCUT2D eigenvalue weighted by Crippen LogP contribution is -2.40. The highest BCUT2D eigenvalue weighted by Crippen LogP contribution is 2.39. The van der Waals surface area contributed by atoms with Crippen LogP contribution in [0, 0.1) is 17.2 Å². The Bertz CT molecular complexity index is 1110. The number of nitrogens with zero attached hydrogens (tertiary/aromatic N) is 3. The average Bonchev–Trinajstić information content (AvgIpc) is 3.18. The second-order valence-corrected chi connectivity index (χ2v) is 16.0. The summed E-state index contributed by atoms with van der Waals surface area (Å²) in [6.07, 6.45) is 2.17. The molecule has 0 radical (unpaired) electrons. The third kappa shape index (κ3) is 5.83. The minimum Gasteiger partial charge on any atom is -0.413 e. The molecule has 1 saturated heterocycles. The van der Waals surface area contributed by atoms with E-state index in [0.29, 0.717) is 42.8 Å². The molecule has 3 rings (SSSR count). The van der Waals surface area contributed by atoms with Gasteiger partial charge in [-0.25, -0.2) is 0 Å². The van der Waals surface area contributed by atoms with Crippen LogP contribution in [0.4, 0.5) is 11.5 Å². The van der Waals surface area contributed by atoms with Crippen molar-refractivity contribution in [2.45, 2.75) is 58.0 Å². The van der Waals surface area contributed by atoms with Crippen LogP contribution in [-0.2, 0) is 15.8 Å². The number of halogens is 2. The Morgan fingerprint density at radius 2 is 2.18 bits per heavy atom. The zero-order chi connectivity index (χ0) is 25.3. The number of anilines is 2. The molecule has 2 atom stereocenters. The van der Waals surface area contributed by atoms with Gasteiger partial charge in [0.2, 0.25) is 0 Å². The van der Waals surface area contributed by atoms with Crippen molar-refractivity contribution in [1.82, 2.24) is 9.78 Å². The Kier molecular flexibility index (Phi) is 8.15. The number of primary amides is 1. The van der Waals surface area contributed by atoms with Crippen molar-refractivity contribution in [3.63, 3.8) is 0 Å². The molecule has 1 amide bonds. The van der Waals surface area contributed by atoms with Gasteiger partial charge in [-0.1, -0.05) is 32.4 Å². The highest BCUT2D eigenvalue weighted by molar-refractivity contribution is 9.10. The normalized spacial score (nSPS) is 19.0. The van der Waals surface area contributed by atoms with Crippen LogP contribution in [-0.4, -0.2) is 37.2 Å². The van der Waals surface area contributed by atoms with Gasteiger partial charge in [0, 0.05) is 23.0 Å². The van der Waals surface area contributed by atoms with Gasteiger partial charge in [0.05, 0.1) is 36.3 Å². The summed E-state index contributed by atoms with van der Waals surface area (Å²) in [7, 11) is -1.97. The van der Waals surface area contributed by atoms with Gasteiger partial charge < -0.3 is 20.2 Å². The Hall–Kier alpha value is -1.90. The first-order valence-electron chi connectivity index (χ1n) is 11.1. The maximum absolute atomic E-state index is 12.1. The van der Waals surface area contributed by atoms with E-state index in [0.717, 1.165) is 10.0 Å². The molecule has 184 valence electrons. The van der Waals surface area contributed by atoms with Gasteiger partial charge in [0.1, 0.15) is 5.56 Å². The number of carbonyl (C=O) groups excluding carboxylic acids is 1. The summed E-state index contributed by atoms with van der Waals surface area (Å²) in [6.45, 7) is 12.2. The molecule has 0 saturated carbocycles. The summed E-state index contributed by atoms with van der Waals surface area (Å²) in [4.78, 5) is 12.1. The fourth-order valence-electron chi connectivity index (χ4n) is 3.40. The highest BCUT2D eigenvalue weighted by atomic mass is 79.9. The maximum atomic E-state index is 12.1. The van der Waals surface area contributed by atoms with E-state index in [1.807, 2.05) is 6.07 Å². The van der Waals surface area contributed by atoms with Gasteiger partial charge in [0.15, 0.2) is 14.1 Å². The summed E-state index contributed by atoms with van der Waals surface area (Å²) in [6, 6.07) is 5.66. The highest BCUT2D eigenvalue weighted by Gasteiger charge is 2.37. The molecule has 1 aliphatic heterocycles. The second kappa shape index (κ2) is 10.4. The van der Waals surface area contributed by atoms with Crippen molar-refractivity contribution in [2.75, 3.05) is 18.5 Å². The van der Waals surface area contributed by atoms with E-state index in [2.05, 4.69) is 66.3 Å². The summed E-state index contributed by atoms with van der Waals surface area (Å²) in [5.41, 5.74) is 7.37. The van der Waals surface area contributed by atoms with Crippen molar-refractivity contribution in [2.24, 2.45) is 11.7 Å². The fourth-order valence-corrected chi connectivity index (χ4v) is 4.93. The predicted molar refractivity (Wildman–Crippen MR) is 139 cm³/mol. The van der Waals surface area contributed by atoms with Crippen molar-refractivity contribution in [3.8, 4) is 6.07 Å². The number of nitrogens with two attached hydrogens (primary N) is 1. The number of hydrogen-bond donors (Lipinski definition) is 2. The molecule has 0 aliphatic carbocycles. The number of rotatable bonds is 7. The average molecular weight is 569 g/mol. The Labute approximate surface area is 215 Å². The number of nitrogens with one attached hydrogen (secondary N) is 1. The van der Waals surface area contributed by atoms with Crippen LogP contribution < -0.4 is 11.1 Å². The van der Waals surface area contributed by atoms with Crippen LogP contribution in [0.2, 0.25) is 23.2 Å². The molecule has 34 heavy (non-hydrogen) atoms. The van der Waals surface area contributed by atoms with Crippen LogP contribution in [0.25, 0.3) is 0 Å². The first-order valence-corrected chi connectivity index (χ1v) is 15.2. The van der Waals surface area contributed by atoms with Crippen molar-refractivity contribution >= 4 is 53.3 Å². The van der Waals surface area contributed by atoms with Gasteiger partial charge in [-0.15, -0.1) is 0 Å². The Morgan fingerprint density at radius 3 is 2.79 bits per heavy atom. The van der Waals surface area contributed by atoms with Gasteiger partial charge >= 0.3 is 0 Å². The third-order valence-electron chi connectivity index (χ3n) is 6.59. The molecule has 8 nitrogen and oxygen atoms in total. The van der Waals surface area contributed by atoms with Crippen LogP contribution in [0.5, 0.6) is 0 Å². The van der Waals surface area contributed by atoms with E-state index in [1.54, 1.807) is 16.9 Å². The van der Waals surface area contributed by atoms with Gasteiger partial charge in [-0.3, -0.25) is 9.48 Å². The van der Waals surface area contributed by atoms with Crippen LogP contribution in [0.3, 0.4) is 0 Å². The standard InChI is InChI=1S/C23H31BrClN5O3Si/c1-23(2,3)34(4,5)33-12-15-8-16(9-18(25)20(15)24)28-22-17(21(27)31)11-30(29-22)19-13-32-7-6-14(19)10-26/h8-9,11,14,19H,6-7,12-13H2,1-5H3,(H2,27,31)(H,28,29). The zero-order valence-electron chi connectivity index (χ0n) is 20.1. The molecule has 1 aromatic heterocycles. The number of aromatic nitrogens is 2. The molecule has 2 aromatic rings. The van der Waals surface area contributed by atoms with Crippen molar-refractivity contribution < 1.29 is 14.0 Å². The lowest BCUT2D eigenvalue weighted by molar-refractivity contribution is 0.0342. The lowest BCUT2D eigenvalue weighted by Gasteiger charge is -2.36.